The van der Waals surface area contributed by atoms with E-state index in [2.05, 4.69) is 135 Å². The summed E-state index contributed by atoms with van der Waals surface area (Å²) in [6.07, 6.45) is 9.69. The number of allylic oxidation sites excluding steroid dienone is 4. The Labute approximate surface area is 242 Å². The minimum atomic E-state index is -0.348. The molecule has 0 heterocycles. The van der Waals surface area contributed by atoms with Crippen LogP contribution in [0.25, 0.3) is 0 Å². The molecule has 37 heavy (non-hydrogen) atoms. The van der Waals surface area contributed by atoms with E-state index in [0.29, 0.717) is 0 Å². The molecule has 0 atom stereocenters. The maximum atomic E-state index is 3.42. The predicted octanol–water partition coefficient (Wildman–Crippen LogP) is 8.04. The van der Waals surface area contributed by atoms with Gasteiger partial charge in [0.25, 0.3) is 0 Å². The van der Waals surface area contributed by atoms with E-state index in [9.17, 15) is 0 Å². The average molecular weight is 704 g/mol. The first-order valence-corrected chi connectivity index (χ1v) is 15.4. The van der Waals surface area contributed by atoms with Crippen LogP contribution >= 0.6 is 15.8 Å². The molecule has 0 aromatic heterocycles. The van der Waals surface area contributed by atoms with Crippen molar-refractivity contribution in [1.29, 1.82) is 0 Å². The van der Waals surface area contributed by atoms with Crippen molar-refractivity contribution in [2.24, 2.45) is 0 Å². The second-order valence-electron chi connectivity index (χ2n) is 7.78. The molecule has 194 valence electrons. The van der Waals surface area contributed by atoms with Crippen molar-refractivity contribution in [3.63, 3.8) is 0 Å². The zero-order valence-corrected chi connectivity index (χ0v) is 26.0. The molecule has 4 rings (SSSR count). The van der Waals surface area contributed by atoms with Crippen LogP contribution < -0.4 is 21.2 Å². The van der Waals surface area contributed by atoms with Crippen molar-refractivity contribution >= 4 is 37.1 Å². The van der Waals surface area contributed by atoms with Gasteiger partial charge in [-0.3, -0.25) is 0 Å². The van der Waals surface area contributed by atoms with E-state index in [0.717, 1.165) is 0 Å². The molecule has 0 radical (unpaired) electrons. The molecular weight excluding hydrogens is 665 g/mol. The Kier molecular flexibility index (Phi) is 18.3. The fourth-order valence-electron chi connectivity index (χ4n) is 3.45. The van der Waals surface area contributed by atoms with Crippen LogP contribution in [0.5, 0.6) is 0 Å². The Morgan fingerprint density at radius 1 is 0.459 bits per heavy atom. The summed E-state index contributed by atoms with van der Waals surface area (Å²) in [4.78, 5) is 0. The van der Waals surface area contributed by atoms with Crippen LogP contribution in [0.3, 0.4) is 0 Å². The van der Waals surface area contributed by atoms with E-state index >= 15 is 0 Å². The molecule has 0 fully saturated rings. The van der Waals surface area contributed by atoms with E-state index in [4.69, 9.17) is 0 Å². The van der Waals surface area contributed by atoms with Gasteiger partial charge in [-0.2, -0.15) is 0 Å². The summed E-state index contributed by atoms with van der Waals surface area (Å²) in [5, 5.41) is 5.89. The first kappa shape index (κ1) is 32.7. The number of rotatable bonds is 7. The zero-order valence-electron chi connectivity index (χ0n) is 21.9. The second-order valence-corrected chi connectivity index (χ2v) is 12.5. The summed E-state index contributed by atoms with van der Waals surface area (Å²) in [6.45, 7) is 10.7. The summed E-state index contributed by atoms with van der Waals surface area (Å²) in [5.74, 6) is 0. The van der Waals surface area contributed by atoms with Gasteiger partial charge in [-0.05, 0) is 49.4 Å². The van der Waals surface area contributed by atoms with Crippen LogP contribution in [-0.2, 0) is 21.1 Å². The molecule has 0 unspecified atom stereocenters. The zero-order chi connectivity index (χ0) is 25.8. The molecule has 0 saturated carbocycles. The topological polar surface area (TPSA) is 0 Å². The predicted molar refractivity (Wildman–Crippen MR) is 168 cm³/mol. The third-order valence-electron chi connectivity index (χ3n) is 5.29. The van der Waals surface area contributed by atoms with Crippen LogP contribution in [0.2, 0.25) is 0 Å². The quantitative estimate of drug-likeness (QED) is 0.135. The molecule has 0 nitrogen and oxygen atoms in total. The van der Waals surface area contributed by atoms with Gasteiger partial charge in [-0.25, -0.2) is 38.2 Å². The Bertz CT molecular complexity index is 932. The van der Waals surface area contributed by atoms with Gasteiger partial charge in [0.2, 0.25) is 0 Å². The van der Waals surface area contributed by atoms with E-state index in [1.165, 1.54) is 33.5 Å². The normalized spacial score (nSPS) is 10.4. The maximum absolute atomic E-state index is 3.42. The number of hydrogen-bond donors (Lipinski definition) is 0. The Balaban J connectivity index is 0.000000671. The maximum Gasteiger partial charge on any atom is 2.00 e. The Morgan fingerprint density at radius 2 is 0.649 bits per heavy atom. The van der Waals surface area contributed by atoms with Gasteiger partial charge < -0.3 is 0 Å². The minimum Gasteiger partial charge on any atom is -0.245 e. The molecule has 3 heteroatoms. The molecule has 0 aliphatic heterocycles. The average Bonchev–Trinajstić information content (AvgIpc) is 2.97. The monoisotopic (exact) mass is 703 g/mol. The van der Waals surface area contributed by atoms with Gasteiger partial charge in [0.15, 0.2) is 0 Å². The largest absolute Gasteiger partial charge is 2.00 e. The van der Waals surface area contributed by atoms with E-state index in [1.54, 1.807) is 12.2 Å². The van der Waals surface area contributed by atoms with E-state index in [1.807, 2.05) is 26.0 Å². The number of hydrogen-bond acceptors (Lipinski definition) is 0. The van der Waals surface area contributed by atoms with Crippen molar-refractivity contribution in [3.05, 3.63) is 159 Å². The molecule has 0 spiro atoms. The molecule has 0 bridgehead atoms. The Hall–Kier alpha value is -2.35. The van der Waals surface area contributed by atoms with Gasteiger partial charge >= 0.3 is 21.1 Å². The van der Waals surface area contributed by atoms with Crippen LogP contribution in [0.1, 0.15) is 13.8 Å². The van der Waals surface area contributed by atoms with Crippen molar-refractivity contribution in [1.82, 2.24) is 0 Å². The summed E-state index contributed by atoms with van der Waals surface area (Å²) >= 11 is 0. The summed E-state index contributed by atoms with van der Waals surface area (Å²) in [6, 6.07) is 44.2. The van der Waals surface area contributed by atoms with Crippen molar-refractivity contribution in [3.8, 4) is 0 Å². The van der Waals surface area contributed by atoms with Crippen molar-refractivity contribution < 1.29 is 21.1 Å². The molecule has 0 amide bonds. The van der Waals surface area contributed by atoms with Crippen LogP contribution in [0.4, 0.5) is 0 Å². The second kappa shape index (κ2) is 20.7. The summed E-state index contributed by atoms with van der Waals surface area (Å²) in [7, 11) is -0.696. The Morgan fingerprint density at radius 3 is 0.811 bits per heavy atom. The molecular formula is C34H38P2Pt. The third-order valence-corrected chi connectivity index (χ3v) is 10.7. The van der Waals surface area contributed by atoms with Gasteiger partial charge in [0.05, 0.1) is 0 Å². The first-order chi connectivity index (χ1) is 17.7. The third kappa shape index (κ3) is 12.2. The fraction of sp³-hybridized carbons (Fsp3) is 0.118. The molecule has 4 aromatic carbocycles. The summed E-state index contributed by atoms with van der Waals surface area (Å²) in [5.41, 5.74) is 0. The summed E-state index contributed by atoms with van der Waals surface area (Å²) < 4.78 is 0. The minimum absolute atomic E-state index is 0. The van der Waals surface area contributed by atoms with Gasteiger partial charge in [0.1, 0.15) is 0 Å². The molecule has 0 aliphatic carbocycles. The molecule has 0 aliphatic rings. The first-order valence-electron chi connectivity index (χ1n) is 12.3. The molecule has 0 N–H and O–H groups in total. The molecule has 4 aromatic rings. The van der Waals surface area contributed by atoms with E-state index < -0.39 is 0 Å². The van der Waals surface area contributed by atoms with Crippen molar-refractivity contribution in [2.45, 2.75) is 13.8 Å². The van der Waals surface area contributed by atoms with Crippen molar-refractivity contribution in [2.75, 3.05) is 12.3 Å². The van der Waals surface area contributed by atoms with Gasteiger partial charge in [-0.1, -0.05) is 121 Å². The number of benzene rings is 4. The standard InChI is InChI=1S/C26H24P2.2C4H7.Pt/c1-5-13-23(14-6-1)27(24-15-7-2-8-16-24)21-22-28(25-17-9-3-10-18-25)26-19-11-4-12-20-26;2*1-3-4-2;/h1-20H,21-22H2;2*3-4H,1H2,2H3;/q;2*-1;+2/b;2*4-3+;. The van der Waals surface area contributed by atoms with Crippen LogP contribution in [0, 0.1) is 13.8 Å². The van der Waals surface area contributed by atoms with Gasteiger partial charge in [-0.15, -0.1) is 13.8 Å². The van der Waals surface area contributed by atoms with E-state index in [-0.39, 0.29) is 36.9 Å². The fourth-order valence-corrected chi connectivity index (χ4v) is 8.80. The van der Waals surface area contributed by atoms with Gasteiger partial charge in [0, 0.05) is 0 Å². The van der Waals surface area contributed by atoms with Crippen LogP contribution in [0.15, 0.2) is 146 Å². The smallest absolute Gasteiger partial charge is 0.245 e. The van der Waals surface area contributed by atoms with Crippen LogP contribution in [-0.4, -0.2) is 12.3 Å². The molecule has 0 saturated heterocycles. The SMILES string of the molecule is [CH2-]/C=C/C.[CH2-]/C=C/C.[Pt+2].c1ccc(P(CCP(c2ccccc2)c2ccccc2)c2ccccc2)cc1.